The Balaban J connectivity index is 2.34. The lowest BCUT2D eigenvalue weighted by Crippen LogP contribution is -2.30. The van der Waals surface area contributed by atoms with Crippen LogP contribution in [0.3, 0.4) is 0 Å². The van der Waals surface area contributed by atoms with Gasteiger partial charge in [-0.3, -0.25) is 11.3 Å². The van der Waals surface area contributed by atoms with E-state index in [1.54, 1.807) is 6.07 Å². The first-order valence-electron chi connectivity index (χ1n) is 5.97. The highest BCUT2D eigenvalue weighted by Crippen LogP contribution is 2.31. The topological polar surface area (TPSA) is 64.1 Å². The van der Waals surface area contributed by atoms with E-state index in [9.17, 15) is 0 Å². The van der Waals surface area contributed by atoms with Crippen LogP contribution in [0.4, 0.5) is 5.69 Å². The van der Waals surface area contributed by atoms with Crippen LogP contribution in [0, 0.1) is 0 Å². The Hall–Kier alpha value is -0.780. The maximum absolute atomic E-state index is 6.21. The fraction of sp³-hybridized carbons (Fsp3) is 0.143. The number of nitrogens with one attached hydrogen (secondary N) is 1. The van der Waals surface area contributed by atoms with Crippen LogP contribution in [-0.4, -0.2) is 0 Å². The Labute approximate surface area is 136 Å². The van der Waals surface area contributed by atoms with Crippen molar-refractivity contribution in [1.82, 2.24) is 5.43 Å². The second-order valence-corrected chi connectivity index (χ2v) is 6.11. The average Bonchev–Trinajstić information content (AvgIpc) is 2.43. The average molecular weight is 375 g/mol. The molecule has 2 aromatic carbocycles. The van der Waals surface area contributed by atoms with Crippen LogP contribution >= 0.6 is 39.1 Å². The fourth-order valence-corrected chi connectivity index (χ4v) is 2.81. The SMILES string of the molecule is NNC(Cc1cccc(Cl)c1Cl)c1cc(Br)ccc1N. The number of hydrogen-bond donors (Lipinski definition) is 3. The molecule has 0 saturated carbocycles. The molecular weight excluding hydrogens is 361 g/mol. The van der Waals surface area contributed by atoms with Crippen LogP contribution in [0.5, 0.6) is 0 Å². The first kappa shape index (κ1) is 15.6. The number of hydrogen-bond acceptors (Lipinski definition) is 3. The van der Waals surface area contributed by atoms with Crippen molar-refractivity contribution >= 4 is 44.8 Å². The first-order chi connectivity index (χ1) is 9.52. The molecule has 0 aromatic heterocycles. The zero-order valence-electron chi connectivity index (χ0n) is 10.5. The molecule has 20 heavy (non-hydrogen) atoms. The summed E-state index contributed by atoms with van der Waals surface area (Å²) in [5.74, 6) is 5.66. The molecular formula is C14H14BrCl2N3. The van der Waals surface area contributed by atoms with Crippen molar-refractivity contribution in [3.63, 3.8) is 0 Å². The third-order valence-corrected chi connectivity index (χ3v) is 4.43. The molecule has 0 radical (unpaired) electrons. The van der Waals surface area contributed by atoms with Crippen LogP contribution in [0.2, 0.25) is 10.0 Å². The van der Waals surface area contributed by atoms with E-state index in [2.05, 4.69) is 21.4 Å². The molecule has 0 aliphatic heterocycles. The zero-order valence-corrected chi connectivity index (χ0v) is 13.6. The van der Waals surface area contributed by atoms with E-state index in [4.69, 9.17) is 34.8 Å². The Bertz CT molecular complexity index is 619. The van der Waals surface area contributed by atoms with Crippen molar-refractivity contribution in [2.45, 2.75) is 12.5 Å². The van der Waals surface area contributed by atoms with E-state index in [1.165, 1.54) is 0 Å². The van der Waals surface area contributed by atoms with Crippen molar-refractivity contribution < 1.29 is 0 Å². The Morgan fingerprint density at radius 2 is 1.95 bits per heavy atom. The monoisotopic (exact) mass is 373 g/mol. The molecule has 2 rings (SSSR count). The van der Waals surface area contributed by atoms with Crippen LogP contribution in [0.1, 0.15) is 17.2 Å². The maximum Gasteiger partial charge on any atom is 0.0624 e. The van der Waals surface area contributed by atoms with E-state index in [0.717, 1.165) is 15.6 Å². The van der Waals surface area contributed by atoms with Crippen LogP contribution in [0.15, 0.2) is 40.9 Å². The van der Waals surface area contributed by atoms with E-state index < -0.39 is 0 Å². The van der Waals surface area contributed by atoms with Gasteiger partial charge in [-0.25, -0.2) is 0 Å². The third kappa shape index (κ3) is 3.45. The van der Waals surface area contributed by atoms with Gasteiger partial charge in [0.1, 0.15) is 0 Å². The number of anilines is 1. The lowest BCUT2D eigenvalue weighted by Gasteiger charge is -2.19. The molecule has 0 fully saturated rings. The highest BCUT2D eigenvalue weighted by molar-refractivity contribution is 9.10. The summed E-state index contributed by atoms with van der Waals surface area (Å²) < 4.78 is 0.944. The minimum absolute atomic E-state index is 0.150. The molecule has 0 heterocycles. The van der Waals surface area contributed by atoms with Gasteiger partial charge in [-0.2, -0.15) is 0 Å². The number of benzene rings is 2. The molecule has 0 amide bonds. The van der Waals surface area contributed by atoms with Gasteiger partial charge in [-0.1, -0.05) is 51.3 Å². The quantitative estimate of drug-likeness (QED) is 0.429. The summed E-state index contributed by atoms with van der Waals surface area (Å²) in [6.45, 7) is 0. The third-order valence-electron chi connectivity index (χ3n) is 3.08. The highest BCUT2D eigenvalue weighted by atomic mass is 79.9. The van der Waals surface area contributed by atoms with E-state index in [0.29, 0.717) is 22.2 Å². The lowest BCUT2D eigenvalue weighted by molar-refractivity contribution is 0.553. The smallest absolute Gasteiger partial charge is 0.0624 e. The fourth-order valence-electron chi connectivity index (χ4n) is 2.03. The van der Waals surface area contributed by atoms with Crippen molar-refractivity contribution in [3.8, 4) is 0 Å². The molecule has 0 spiro atoms. The molecule has 0 saturated heterocycles. The predicted molar refractivity (Wildman–Crippen MR) is 88.8 cm³/mol. The minimum Gasteiger partial charge on any atom is -0.398 e. The summed E-state index contributed by atoms with van der Waals surface area (Å²) in [6, 6.07) is 11.1. The Morgan fingerprint density at radius 1 is 1.20 bits per heavy atom. The summed E-state index contributed by atoms with van der Waals surface area (Å²) in [7, 11) is 0. The molecule has 3 nitrogen and oxygen atoms in total. The predicted octanol–water partition coefficient (Wildman–Crippen LogP) is 4.09. The summed E-state index contributed by atoms with van der Waals surface area (Å²) in [5, 5.41) is 1.07. The number of rotatable bonds is 4. The second kappa shape index (κ2) is 6.78. The van der Waals surface area contributed by atoms with Crippen molar-refractivity contribution in [1.29, 1.82) is 0 Å². The van der Waals surface area contributed by atoms with Gasteiger partial charge in [-0.05, 0) is 41.8 Å². The Morgan fingerprint density at radius 3 is 2.65 bits per heavy atom. The lowest BCUT2D eigenvalue weighted by atomic mass is 9.98. The van der Waals surface area contributed by atoms with Crippen molar-refractivity contribution in [3.05, 3.63) is 62.0 Å². The van der Waals surface area contributed by atoms with Gasteiger partial charge >= 0.3 is 0 Å². The molecule has 2 aromatic rings. The van der Waals surface area contributed by atoms with Gasteiger partial charge in [0.15, 0.2) is 0 Å². The zero-order chi connectivity index (χ0) is 14.7. The van der Waals surface area contributed by atoms with Gasteiger partial charge in [0.25, 0.3) is 0 Å². The minimum atomic E-state index is -0.150. The molecule has 5 N–H and O–H groups in total. The van der Waals surface area contributed by atoms with Crippen LogP contribution in [-0.2, 0) is 6.42 Å². The summed E-state index contributed by atoms with van der Waals surface area (Å²) in [6.07, 6.45) is 0.594. The summed E-state index contributed by atoms with van der Waals surface area (Å²) in [4.78, 5) is 0. The van der Waals surface area contributed by atoms with Crippen LogP contribution in [0.25, 0.3) is 0 Å². The van der Waals surface area contributed by atoms with Gasteiger partial charge in [0.2, 0.25) is 0 Å². The molecule has 0 aliphatic rings. The van der Waals surface area contributed by atoms with Crippen molar-refractivity contribution in [2.24, 2.45) is 5.84 Å². The number of hydrazine groups is 1. The molecule has 6 heteroatoms. The largest absolute Gasteiger partial charge is 0.398 e. The highest BCUT2D eigenvalue weighted by Gasteiger charge is 2.16. The van der Waals surface area contributed by atoms with Gasteiger partial charge in [0, 0.05) is 10.2 Å². The summed E-state index contributed by atoms with van der Waals surface area (Å²) in [5.41, 5.74) is 11.3. The number of halogens is 3. The van der Waals surface area contributed by atoms with E-state index >= 15 is 0 Å². The molecule has 106 valence electrons. The van der Waals surface area contributed by atoms with Gasteiger partial charge < -0.3 is 5.73 Å². The Kier molecular flexibility index (Phi) is 5.29. The van der Waals surface area contributed by atoms with E-state index in [1.807, 2.05) is 30.3 Å². The first-order valence-corrected chi connectivity index (χ1v) is 7.51. The normalized spacial score (nSPS) is 12.4. The second-order valence-electron chi connectivity index (χ2n) is 4.41. The standard InChI is InChI=1S/C14H14BrCl2N3/c15-9-4-5-12(18)10(7-9)13(20-19)6-8-2-1-3-11(16)14(8)17/h1-5,7,13,20H,6,18-19H2. The number of nitrogen functional groups attached to an aromatic ring is 1. The number of nitrogens with two attached hydrogens (primary N) is 2. The molecule has 0 bridgehead atoms. The van der Waals surface area contributed by atoms with Crippen LogP contribution < -0.4 is 17.0 Å². The maximum atomic E-state index is 6.21. The summed E-state index contributed by atoms with van der Waals surface area (Å²) >= 11 is 15.7. The molecule has 1 atom stereocenters. The molecule has 0 aliphatic carbocycles. The van der Waals surface area contributed by atoms with Crippen molar-refractivity contribution in [2.75, 3.05) is 5.73 Å². The van der Waals surface area contributed by atoms with E-state index in [-0.39, 0.29) is 6.04 Å². The molecule has 1 unspecified atom stereocenters. The van der Waals surface area contributed by atoms with Gasteiger partial charge in [0.05, 0.1) is 16.1 Å². The van der Waals surface area contributed by atoms with Gasteiger partial charge in [-0.15, -0.1) is 0 Å².